The highest BCUT2D eigenvalue weighted by Crippen LogP contribution is 2.55. The minimum atomic E-state index is 0.0921. The quantitative estimate of drug-likeness (QED) is 0.0679. The zero-order valence-electron chi connectivity index (χ0n) is 35.2. The SMILES string of the molecule is CCCCCCCCC1(CCCCCCCC)c2cc(C)ccc2-c2ccc(-c3ccc(N(Cc4ccc(C(C)CC)cc4)c4ccc(C)cc4)cc3)cc21. The molecule has 5 aromatic rings. The molecule has 0 fully saturated rings. The molecule has 0 heterocycles. The van der Waals surface area contributed by atoms with Gasteiger partial charge in [-0.1, -0.05) is 195 Å². The number of aryl methyl sites for hydroxylation is 2. The van der Waals surface area contributed by atoms with Gasteiger partial charge in [0.05, 0.1) is 0 Å². The average Bonchev–Trinajstić information content (AvgIpc) is 3.47. The first-order chi connectivity index (χ1) is 26.9. The number of nitrogens with zero attached hydrogens (tertiary/aromatic N) is 1. The van der Waals surface area contributed by atoms with Gasteiger partial charge in [-0.15, -0.1) is 0 Å². The molecular weight excluding hydrogens is 663 g/mol. The molecule has 1 heteroatoms. The molecule has 1 aliphatic carbocycles. The van der Waals surface area contributed by atoms with E-state index < -0.39 is 0 Å². The number of hydrogen-bond acceptors (Lipinski definition) is 1. The summed E-state index contributed by atoms with van der Waals surface area (Å²) < 4.78 is 0. The summed E-state index contributed by atoms with van der Waals surface area (Å²) in [7, 11) is 0. The van der Waals surface area contributed by atoms with Crippen molar-refractivity contribution in [3.05, 3.63) is 143 Å². The van der Waals surface area contributed by atoms with E-state index in [0.29, 0.717) is 5.92 Å². The molecule has 0 amide bonds. The minimum Gasteiger partial charge on any atom is -0.337 e. The summed E-state index contributed by atoms with van der Waals surface area (Å²) in [6.45, 7) is 14.5. The maximum Gasteiger partial charge on any atom is 0.0481 e. The molecule has 0 bridgehead atoms. The molecule has 0 saturated carbocycles. The third-order valence-corrected chi connectivity index (χ3v) is 12.8. The zero-order chi connectivity index (χ0) is 38.6. The van der Waals surface area contributed by atoms with E-state index in [1.54, 1.807) is 11.1 Å². The summed E-state index contributed by atoms with van der Waals surface area (Å²) in [6, 6.07) is 42.5. The van der Waals surface area contributed by atoms with E-state index in [1.165, 1.54) is 146 Å². The Hall–Kier alpha value is -4.10. The van der Waals surface area contributed by atoms with Crippen LogP contribution in [0.3, 0.4) is 0 Å². The molecule has 0 aliphatic heterocycles. The highest BCUT2D eigenvalue weighted by atomic mass is 15.1. The lowest BCUT2D eigenvalue weighted by atomic mass is 9.70. The van der Waals surface area contributed by atoms with Gasteiger partial charge in [-0.2, -0.15) is 0 Å². The fourth-order valence-electron chi connectivity index (χ4n) is 9.13. The molecule has 5 aromatic carbocycles. The first-order valence-corrected chi connectivity index (χ1v) is 22.2. The van der Waals surface area contributed by atoms with Gasteiger partial charge in [0.25, 0.3) is 0 Å². The van der Waals surface area contributed by atoms with Gasteiger partial charge in [0.2, 0.25) is 0 Å². The van der Waals surface area contributed by atoms with E-state index in [-0.39, 0.29) is 5.41 Å². The van der Waals surface area contributed by atoms with Gasteiger partial charge in [0.15, 0.2) is 0 Å². The molecule has 0 N–H and O–H groups in total. The molecule has 6 rings (SSSR count). The second-order valence-electron chi connectivity index (χ2n) is 16.9. The van der Waals surface area contributed by atoms with Gasteiger partial charge in [0.1, 0.15) is 0 Å². The van der Waals surface area contributed by atoms with Crippen LogP contribution in [0.15, 0.2) is 109 Å². The van der Waals surface area contributed by atoms with E-state index >= 15 is 0 Å². The van der Waals surface area contributed by atoms with E-state index in [4.69, 9.17) is 0 Å². The number of benzene rings is 5. The van der Waals surface area contributed by atoms with Crippen molar-refractivity contribution < 1.29 is 0 Å². The summed E-state index contributed by atoms with van der Waals surface area (Å²) in [5.74, 6) is 0.587. The Morgan fingerprint density at radius 3 is 1.56 bits per heavy atom. The highest BCUT2D eigenvalue weighted by Gasteiger charge is 2.42. The van der Waals surface area contributed by atoms with Gasteiger partial charge < -0.3 is 4.90 Å². The number of unbranched alkanes of at least 4 members (excludes halogenated alkanes) is 10. The molecule has 1 unspecified atom stereocenters. The van der Waals surface area contributed by atoms with Crippen LogP contribution >= 0.6 is 0 Å². The molecular formula is C54H69N. The fraction of sp³-hybridized carbons (Fsp3) is 0.444. The normalized spacial score (nSPS) is 13.4. The van der Waals surface area contributed by atoms with Crippen molar-refractivity contribution in [1.29, 1.82) is 0 Å². The summed E-state index contributed by atoms with van der Waals surface area (Å²) in [5, 5.41) is 0. The maximum absolute atomic E-state index is 2.60. The first-order valence-electron chi connectivity index (χ1n) is 22.2. The fourth-order valence-corrected chi connectivity index (χ4v) is 9.13. The Kier molecular flexibility index (Phi) is 14.5. The predicted molar refractivity (Wildman–Crippen MR) is 241 cm³/mol. The second-order valence-corrected chi connectivity index (χ2v) is 16.9. The molecule has 0 radical (unpaired) electrons. The van der Waals surface area contributed by atoms with Gasteiger partial charge in [-0.05, 0) is 114 Å². The van der Waals surface area contributed by atoms with Crippen LogP contribution in [0, 0.1) is 13.8 Å². The van der Waals surface area contributed by atoms with Gasteiger partial charge in [0, 0.05) is 23.3 Å². The van der Waals surface area contributed by atoms with Crippen LogP contribution < -0.4 is 4.90 Å². The molecule has 0 saturated heterocycles. The van der Waals surface area contributed by atoms with Crippen molar-refractivity contribution in [1.82, 2.24) is 0 Å². The lowest BCUT2D eigenvalue weighted by molar-refractivity contribution is 0.398. The average molecular weight is 732 g/mol. The van der Waals surface area contributed by atoms with Crippen molar-refractivity contribution in [3.63, 3.8) is 0 Å². The van der Waals surface area contributed by atoms with Gasteiger partial charge >= 0.3 is 0 Å². The maximum atomic E-state index is 2.60. The van der Waals surface area contributed by atoms with Crippen LogP contribution in [-0.2, 0) is 12.0 Å². The van der Waals surface area contributed by atoms with Crippen LogP contribution in [0.5, 0.6) is 0 Å². The predicted octanol–water partition coefficient (Wildman–Crippen LogP) is 16.6. The van der Waals surface area contributed by atoms with E-state index in [0.717, 1.165) is 13.0 Å². The summed E-state index contributed by atoms with van der Waals surface area (Å²) in [4.78, 5) is 2.47. The summed E-state index contributed by atoms with van der Waals surface area (Å²) in [5.41, 5.74) is 16.7. The number of fused-ring (bicyclic) bond motifs is 3. The van der Waals surface area contributed by atoms with Gasteiger partial charge in [-0.25, -0.2) is 0 Å². The molecule has 55 heavy (non-hydrogen) atoms. The smallest absolute Gasteiger partial charge is 0.0481 e. The Bertz CT molecular complexity index is 1900. The number of rotatable bonds is 21. The standard InChI is InChI=1S/C54H69N/c1-7-10-12-14-16-18-36-54(37-19-17-15-13-11-8-2)52-38-42(5)22-34-50(52)51-35-29-47(39-53(51)54)46-27-32-49(33-28-46)55(48-30-20-41(4)21-31-48)40-44-23-25-45(26-24-44)43(6)9-3/h20-35,38-39,43H,7-19,36-37,40H2,1-6H3. The van der Waals surface area contributed by atoms with E-state index in [9.17, 15) is 0 Å². The topological polar surface area (TPSA) is 3.24 Å². The van der Waals surface area contributed by atoms with Crippen molar-refractivity contribution in [2.45, 2.75) is 156 Å². The largest absolute Gasteiger partial charge is 0.337 e. The minimum absolute atomic E-state index is 0.0921. The van der Waals surface area contributed by atoms with E-state index in [1.807, 2.05) is 0 Å². The zero-order valence-corrected chi connectivity index (χ0v) is 35.2. The van der Waals surface area contributed by atoms with Crippen LogP contribution in [0.4, 0.5) is 11.4 Å². The first kappa shape index (κ1) is 40.6. The number of anilines is 2. The van der Waals surface area contributed by atoms with Crippen LogP contribution in [-0.4, -0.2) is 0 Å². The molecule has 1 aliphatic rings. The lowest BCUT2D eigenvalue weighted by Crippen LogP contribution is -2.25. The molecule has 290 valence electrons. The summed E-state index contributed by atoms with van der Waals surface area (Å²) >= 11 is 0. The number of hydrogen-bond donors (Lipinski definition) is 0. The highest BCUT2D eigenvalue weighted by molar-refractivity contribution is 5.84. The summed E-state index contributed by atoms with van der Waals surface area (Å²) in [6.07, 6.45) is 19.8. The third kappa shape index (κ3) is 9.83. The lowest BCUT2D eigenvalue weighted by Gasteiger charge is -2.33. The van der Waals surface area contributed by atoms with Gasteiger partial charge in [-0.3, -0.25) is 0 Å². The molecule has 1 atom stereocenters. The van der Waals surface area contributed by atoms with Crippen molar-refractivity contribution in [2.75, 3.05) is 4.90 Å². The molecule has 0 spiro atoms. The Balaban J connectivity index is 1.32. The van der Waals surface area contributed by atoms with Crippen molar-refractivity contribution in [3.8, 4) is 22.3 Å². The molecule has 0 aromatic heterocycles. The van der Waals surface area contributed by atoms with Crippen LogP contribution in [0.2, 0.25) is 0 Å². The monoisotopic (exact) mass is 732 g/mol. The Labute approximate surface area is 335 Å². The van der Waals surface area contributed by atoms with Crippen molar-refractivity contribution >= 4 is 11.4 Å². The Morgan fingerprint density at radius 2 is 0.982 bits per heavy atom. The van der Waals surface area contributed by atoms with E-state index in [2.05, 4.69) is 156 Å². The van der Waals surface area contributed by atoms with Crippen LogP contribution in [0.1, 0.15) is 163 Å². The Morgan fingerprint density at radius 1 is 0.491 bits per heavy atom. The second kappa shape index (κ2) is 19.7. The third-order valence-electron chi connectivity index (χ3n) is 12.8. The molecule has 1 nitrogen and oxygen atoms in total. The van der Waals surface area contributed by atoms with Crippen LogP contribution in [0.25, 0.3) is 22.3 Å². The van der Waals surface area contributed by atoms with Crippen molar-refractivity contribution in [2.24, 2.45) is 0 Å².